The second kappa shape index (κ2) is 8.72. The maximum Gasteiger partial charge on any atom is 0.319 e. The van der Waals surface area contributed by atoms with Crippen LogP contribution in [0.3, 0.4) is 0 Å². The first-order chi connectivity index (χ1) is 10.8. The van der Waals surface area contributed by atoms with Crippen molar-refractivity contribution >= 4 is 11.7 Å². The van der Waals surface area contributed by atoms with Crippen molar-refractivity contribution < 1.29 is 9.53 Å². The second-order valence-electron chi connectivity index (χ2n) is 4.95. The molecule has 2 N–H and O–H groups in total. The van der Waals surface area contributed by atoms with Crippen molar-refractivity contribution in [3.8, 4) is 5.75 Å². The molecule has 0 saturated carbocycles. The number of anilines is 1. The largest absolute Gasteiger partial charge is 0.494 e. The van der Waals surface area contributed by atoms with E-state index in [1.54, 1.807) is 0 Å². The number of carbonyl (C=O) groups excluding carboxylic acids is 1. The summed E-state index contributed by atoms with van der Waals surface area (Å²) in [6, 6.07) is 17.3. The van der Waals surface area contributed by atoms with Crippen LogP contribution in [0.15, 0.2) is 54.6 Å². The van der Waals surface area contributed by atoms with Crippen LogP contribution in [0.4, 0.5) is 10.5 Å². The molecule has 0 aliphatic carbocycles. The first-order valence-electron chi connectivity index (χ1n) is 7.59. The minimum atomic E-state index is -0.191. The lowest BCUT2D eigenvalue weighted by atomic mass is 10.1. The fourth-order valence-corrected chi connectivity index (χ4v) is 1.98. The van der Waals surface area contributed by atoms with Crippen molar-refractivity contribution in [1.82, 2.24) is 5.32 Å². The van der Waals surface area contributed by atoms with Crippen molar-refractivity contribution in [3.63, 3.8) is 0 Å². The maximum absolute atomic E-state index is 11.7. The van der Waals surface area contributed by atoms with E-state index in [-0.39, 0.29) is 6.03 Å². The average molecular weight is 298 g/mol. The minimum absolute atomic E-state index is 0.191. The fraction of sp³-hybridized carbons (Fsp3) is 0.278. The van der Waals surface area contributed by atoms with E-state index in [4.69, 9.17) is 4.74 Å². The lowest BCUT2D eigenvalue weighted by Crippen LogP contribution is -2.30. The third-order valence-electron chi connectivity index (χ3n) is 3.24. The highest BCUT2D eigenvalue weighted by atomic mass is 16.5. The van der Waals surface area contributed by atoms with Gasteiger partial charge in [0.15, 0.2) is 0 Å². The van der Waals surface area contributed by atoms with Gasteiger partial charge >= 0.3 is 6.03 Å². The molecule has 0 atom stereocenters. The Hall–Kier alpha value is -2.49. The Labute approximate surface area is 131 Å². The summed E-state index contributed by atoms with van der Waals surface area (Å²) < 4.78 is 5.56. The summed E-state index contributed by atoms with van der Waals surface area (Å²) in [7, 11) is 0. The number of rotatable bonds is 7. The van der Waals surface area contributed by atoms with Gasteiger partial charge in [0.1, 0.15) is 5.75 Å². The summed E-state index contributed by atoms with van der Waals surface area (Å²) in [5.74, 6) is 0.850. The van der Waals surface area contributed by atoms with Crippen LogP contribution in [-0.2, 0) is 6.42 Å². The Bertz CT molecular complexity index is 567. The summed E-state index contributed by atoms with van der Waals surface area (Å²) in [6.45, 7) is 3.26. The zero-order valence-corrected chi connectivity index (χ0v) is 12.8. The van der Waals surface area contributed by atoms with Crippen LogP contribution in [0.25, 0.3) is 0 Å². The molecule has 4 nitrogen and oxygen atoms in total. The lowest BCUT2D eigenvalue weighted by molar-refractivity contribution is 0.250. The molecule has 2 aromatic carbocycles. The smallest absolute Gasteiger partial charge is 0.319 e. The van der Waals surface area contributed by atoms with E-state index >= 15 is 0 Å². The Morgan fingerprint density at radius 2 is 1.77 bits per heavy atom. The molecule has 116 valence electrons. The molecule has 0 heterocycles. The number of hydrogen-bond acceptors (Lipinski definition) is 2. The Morgan fingerprint density at radius 1 is 1.05 bits per heavy atom. The number of urea groups is 1. The molecular formula is C18H22N2O2. The minimum Gasteiger partial charge on any atom is -0.494 e. The predicted octanol–water partition coefficient (Wildman–Crippen LogP) is 3.84. The molecular weight excluding hydrogens is 276 g/mol. The number of nitrogens with one attached hydrogen (secondary N) is 2. The maximum atomic E-state index is 11.7. The second-order valence-corrected chi connectivity index (χ2v) is 4.95. The van der Waals surface area contributed by atoms with Gasteiger partial charge in [-0.3, -0.25) is 0 Å². The van der Waals surface area contributed by atoms with Crippen LogP contribution >= 0.6 is 0 Å². The molecule has 0 saturated heterocycles. The van der Waals surface area contributed by atoms with E-state index in [0.717, 1.165) is 24.3 Å². The van der Waals surface area contributed by atoms with Gasteiger partial charge in [0.05, 0.1) is 6.61 Å². The summed E-state index contributed by atoms with van der Waals surface area (Å²) >= 11 is 0. The van der Waals surface area contributed by atoms with Crippen LogP contribution in [0.2, 0.25) is 0 Å². The van der Waals surface area contributed by atoms with Crippen LogP contribution in [-0.4, -0.2) is 19.2 Å². The molecule has 4 heteroatoms. The molecule has 0 radical (unpaired) electrons. The average Bonchev–Trinajstić information content (AvgIpc) is 2.56. The topological polar surface area (TPSA) is 50.4 Å². The number of aryl methyl sites for hydroxylation is 1. The van der Waals surface area contributed by atoms with Gasteiger partial charge in [0.25, 0.3) is 0 Å². The third-order valence-corrected chi connectivity index (χ3v) is 3.24. The fourth-order valence-electron chi connectivity index (χ4n) is 1.98. The highest BCUT2D eigenvalue weighted by Gasteiger charge is 2.01. The summed E-state index contributed by atoms with van der Waals surface area (Å²) in [5, 5.41) is 5.63. The Morgan fingerprint density at radius 3 is 2.45 bits per heavy atom. The van der Waals surface area contributed by atoms with Crippen molar-refractivity contribution in [1.29, 1.82) is 0 Å². The molecule has 0 bridgehead atoms. The van der Waals surface area contributed by atoms with Crippen molar-refractivity contribution in [2.45, 2.75) is 19.8 Å². The van der Waals surface area contributed by atoms with Gasteiger partial charge in [-0.1, -0.05) is 37.3 Å². The summed E-state index contributed by atoms with van der Waals surface area (Å²) in [6.07, 6.45) is 1.75. The van der Waals surface area contributed by atoms with E-state index in [9.17, 15) is 4.79 Å². The van der Waals surface area contributed by atoms with Gasteiger partial charge in [-0.05, 0) is 42.7 Å². The monoisotopic (exact) mass is 298 g/mol. The number of ether oxygens (including phenoxy) is 1. The van der Waals surface area contributed by atoms with Crippen LogP contribution in [0.1, 0.15) is 18.9 Å². The molecule has 0 aromatic heterocycles. The van der Waals surface area contributed by atoms with Gasteiger partial charge in [0, 0.05) is 12.2 Å². The number of carbonyl (C=O) groups is 1. The first kappa shape index (κ1) is 15.9. The normalized spacial score (nSPS) is 10.0. The molecule has 2 amide bonds. The lowest BCUT2D eigenvalue weighted by Gasteiger charge is -2.09. The highest BCUT2D eigenvalue weighted by Crippen LogP contribution is 2.10. The van der Waals surface area contributed by atoms with Crippen molar-refractivity contribution in [2.24, 2.45) is 0 Å². The van der Waals surface area contributed by atoms with Crippen LogP contribution < -0.4 is 15.4 Å². The van der Waals surface area contributed by atoms with Gasteiger partial charge in [-0.15, -0.1) is 0 Å². The molecule has 2 rings (SSSR count). The van der Waals surface area contributed by atoms with E-state index in [1.165, 1.54) is 5.56 Å². The quantitative estimate of drug-likeness (QED) is 0.763. The van der Waals surface area contributed by atoms with E-state index in [1.807, 2.05) is 54.6 Å². The molecule has 0 fully saturated rings. The van der Waals surface area contributed by atoms with Crippen LogP contribution in [0, 0.1) is 0 Å². The first-order valence-corrected chi connectivity index (χ1v) is 7.59. The van der Waals surface area contributed by atoms with Crippen molar-refractivity contribution in [3.05, 3.63) is 60.2 Å². The number of para-hydroxylation sites is 1. The molecule has 0 aliphatic heterocycles. The van der Waals surface area contributed by atoms with E-state index in [0.29, 0.717) is 13.2 Å². The van der Waals surface area contributed by atoms with Crippen LogP contribution in [0.5, 0.6) is 5.75 Å². The molecule has 2 aromatic rings. The summed E-state index contributed by atoms with van der Waals surface area (Å²) in [5.41, 5.74) is 2.05. The zero-order valence-electron chi connectivity index (χ0n) is 12.8. The number of amides is 2. The predicted molar refractivity (Wildman–Crippen MR) is 89.4 cm³/mol. The van der Waals surface area contributed by atoms with Gasteiger partial charge < -0.3 is 15.4 Å². The number of benzene rings is 2. The standard InChI is InChI=1S/C18H22N2O2/c1-2-15-9-11-16(12-10-15)20-18(21)19-13-6-14-22-17-7-4-3-5-8-17/h3-5,7-12H,2,6,13-14H2,1H3,(H2,19,20,21). The Kier molecular flexibility index (Phi) is 6.30. The van der Waals surface area contributed by atoms with Gasteiger partial charge in [-0.2, -0.15) is 0 Å². The molecule has 0 unspecified atom stereocenters. The van der Waals surface area contributed by atoms with E-state index < -0.39 is 0 Å². The zero-order chi connectivity index (χ0) is 15.6. The number of hydrogen-bond donors (Lipinski definition) is 2. The van der Waals surface area contributed by atoms with E-state index in [2.05, 4.69) is 17.6 Å². The summed E-state index contributed by atoms with van der Waals surface area (Å²) in [4.78, 5) is 11.7. The molecule has 0 aliphatic rings. The highest BCUT2D eigenvalue weighted by molar-refractivity contribution is 5.89. The molecule has 0 spiro atoms. The third kappa shape index (κ3) is 5.48. The molecule has 22 heavy (non-hydrogen) atoms. The SMILES string of the molecule is CCc1ccc(NC(=O)NCCCOc2ccccc2)cc1. The van der Waals surface area contributed by atoms with Crippen molar-refractivity contribution in [2.75, 3.05) is 18.5 Å². The van der Waals surface area contributed by atoms with Gasteiger partial charge in [0.2, 0.25) is 0 Å². The van der Waals surface area contributed by atoms with Gasteiger partial charge in [-0.25, -0.2) is 4.79 Å². The Balaban J connectivity index is 1.61.